The lowest BCUT2D eigenvalue weighted by Gasteiger charge is -2.24. The monoisotopic (exact) mass is 324 g/mol. The molecule has 1 rings (SSSR count). The van der Waals surface area contributed by atoms with E-state index >= 15 is 0 Å². The lowest BCUT2D eigenvalue weighted by atomic mass is 9.82. The largest absolute Gasteiger partial charge is 0.462 e. The van der Waals surface area contributed by atoms with Crippen LogP contribution in [0.5, 0.6) is 0 Å². The van der Waals surface area contributed by atoms with E-state index in [1.54, 1.807) is 0 Å². The first-order valence-electron chi connectivity index (χ1n) is 8.87. The highest BCUT2D eigenvalue weighted by atomic mass is 16.6. The van der Waals surface area contributed by atoms with Crippen LogP contribution < -0.4 is 0 Å². The van der Waals surface area contributed by atoms with Gasteiger partial charge in [-0.15, -0.1) is 0 Å². The summed E-state index contributed by atoms with van der Waals surface area (Å²) >= 11 is 0. The standard InChI is InChI=1S/C19H32O4/c1-13(2)11-22-18(20)17(19(21)23-12-14(3)4)15(5)16-9-7-6-8-10-16/h13-14,16H,6-12H2,1-5H3. The molecule has 0 aliphatic heterocycles. The minimum Gasteiger partial charge on any atom is -0.462 e. The van der Waals surface area contributed by atoms with Gasteiger partial charge in [0, 0.05) is 0 Å². The molecule has 0 aromatic carbocycles. The summed E-state index contributed by atoms with van der Waals surface area (Å²) in [5, 5.41) is 0. The zero-order chi connectivity index (χ0) is 17.4. The van der Waals surface area contributed by atoms with Gasteiger partial charge in [-0.25, -0.2) is 9.59 Å². The fourth-order valence-electron chi connectivity index (χ4n) is 2.77. The number of allylic oxidation sites excluding steroid dienone is 1. The lowest BCUT2D eigenvalue weighted by Crippen LogP contribution is -2.25. The van der Waals surface area contributed by atoms with Crippen molar-refractivity contribution in [1.29, 1.82) is 0 Å². The Morgan fingerprint density at radius 3 is 1.70 bits per heavy atom. The molecule has 0 bridgehead atoms. The number of carbonyl (C=O) groups is 2. The molecule has 0 heterocycles. The molecule has 132 valence electrons. The van der Waals surface area contributed by atoms with E-state index in [9.17, 15) is 9.59 Å². The Bertz CT molecular complexity index is 403. The third-order valence-corrected chi connectivity index (χ3v) is 4.12. The summed E-state index contributed by atoms with van der Waals surface area (Å²) in [6, 6.07) is 0. The summed E-state index contributed by atoms with van der Waals surface area (Å²) in [5.41, 5.74) is 0.963. The maximum atomic E-state index is 12.4. The number of hydrogen-bond acceptors (Lipinski definition) is 4. The van der Waals surface area contributed by atoms with E-state index in [1.165, 1.54) is 6.42 Å². The van der Waals surface area contributed by atoms with Gasteiger partial charge in [0.05, 0.1) is 13.2 Å². The van der Waals surface area contributed by atoms with Crippen molar-refractivity contribution >= 4 is 11.9 Å². The minimum absolute atomic E-state index is 0.123. The third kappa shape index (κ3) is 6.76. The van der Waals surface area contributed by atoms with E-state index in [0.717, 1.165) is 31.3 Å². The summed E-state index contributed by atoms with van der Waals surface area (Å²) in [6.07, 6.45) is 5.60. The van der Waals surface area contributed by atoms with Crippen LogP contribution in [0.4, 0.5) is 0 Å². The predicted octanol–water partition coefficient (Wildman–Crippen LogP) is 4.28. The minimum atomic E-state index is -0.532. The number of rotatable bonds is 7. The quantitative estimate of drug-likeness (QED) is 0.303. The molecule has 4 heteroatoms. The normalized spacial score (nSPS) is 15.6. The molecule has 0 atom stereocenters. The molecule has 1 aliphatic carbocycles. The highest BCUT2D eigenvalue weighted by molar-refractivity contribution is 6.14. The Labute approximate surface area is 140 Å². The van der Waals surface area contributed by atoms with E-state index in [4.69, 9.17) is 9.47 Å². The summed E-state index contributed by atoms with van der Waals surface area (Å²) in [6.45, 7) is 10.4. The Morgan fingerprint density at radius 1 is 0.870 bits per heavy atom. The summed E-state index contributed by atoms with van der Waals surface area (Å²) in [5.74, 6) is -0.299. The summed E-state index contributed by atoms with van der Waals surface area (Å²) in [4.78, 5) is 24.9. The molecule has 0 N–H and O–H groups in total. The second-order valence-corrected chi connectivity index (χ2v) is 7.38. The third-order valence-electron chi connectivity index (χ3n) is 4.12. The Kier molecular flexibility index (Phi) is 8.35. The highest BCUT2D eigenvalue weighted by Gasteiger charge is 2.29. The van der Waals surface area contributed by atoms with E-state index in [0.29, 0.717) is 13.2 Å². The van der Waals surface area contributed by atoms with E-state index in [2.05, 4.69) is 0 Å². The fraction of sp³-hybridized carbons (Fsp3) is 0.789. The van der Waals surface area contributed by atoms with Crippen molar-refractivity contribution in [3.8, 4) is 0 Å². The first-order valence-corrected chi connectivity index (χ1v) is 8.87. The van der Waals surface area contributed by atoms with Crippen LogP contribution in [0.1, 0.15) is 66.7 Å². The van der Waals surface area contributed by atoms with Crippen molar-refractivity contribution < 1.29 is 19.1 Å². The SMILES string of the molecule is CC(=C(C(=O)OCC(C)C)C(=O)OCC(C)C)C1CCCCC1. The van der Waals surface area contributed by atoms with Gasteiger partial charge >= 0.3 is 11.9 Å². The number of esters is 2. The molecule has 0 saturated heterocycles. The van der Waals surface area contributed by atoms with Gasteiger partial charge in [0.15, 0.2) is 0 Å². The Hall–Kier alpha value is -1.32. The smallest absolute Gasteiger partial charge is 0.345 e. The molecular formula is C19H32O4. The van der Waals surface area contributed by atoms with Crippen molar-refractivity contribution in [1.82, 2.24) is 0 Å². The van der Waals surface area contributed by atoms with E-state index in [-0.39, 0.29) is 23.3 Å². The van der Waals surface area contributed by atoms with Crippen LogP contribution in [0.25, 0.3) is 0 Å². The number of ether oxygens (including phenoxy) is 2. The molecule has 1 fully saturated rings. The highest BCUT2D eigenvalue weighted by Crippen LogP contribution is 2.31. The average Bonchev–Trinajstić information content (AvgIpc) is 2.51. The van der Waals surface area contributed by atoms with Crippen LogP contribution >= 0.6 is 0 Å². The van der Waals surface area contributed by atoms with E-state index < -0.39 is 11.9 Å². The molecule has 0 unspecified atom stereocenters. The Balaban J connectivity index is 2.93. The van der Waals surface area contributed by atoms with Crippen LogP contribution in [0.15, 0.2) is 11.1 Å². The Morgan fingerprint density at radius 2 is 1.30 bits per heavy atom. The zero-order valence-corrected chi connectivity index (χ0v) is 15.3. The topological polar surface area (TPSA) is 52.6 Å². The first kappa shape index (κ1) is 19.7. The molecule has 0 aromatic rings. The first-order chi connectivity index (χ1) is 10.8. The second kappa shape index (κ2) is 9.74. The van der Waals surface area contributed by atoms with Crippen molar-refractivity contribution in [3.63, 3.8) is 0 Å². The number of hydrogen-bond donors (Lipinski definition) is 0. The maximum Gasteiger partial charge on any atom is 0.345 e. The van der Waals surface area contributed by atoms with Crippen LogP contribution in [-0.2, 0) is 19.1 Å². The second-order valence-electron chi connectivity index (χ2n) is 7.38. The van der Waals surface area contributed by atoms with Gasteiger partial charge in [0.25, 0.3) is 0 Å². The molecular weight excluding hydrogens is 292 g/mol. The van der Waals surface area contributed by atoms with Gasteiger partial charge in [-0.2, -0.15) is 0 Å². The van der Waals surface area contributed by atoms with Gasteiger partial charge in [-0.3, -0.25) is 0 Å². The van der Waals surface area contributed by atoms with Gasteiger partial charge in [-0.05, 0) is 43.1 Å². The average molecular weight is 324 g/mol. The molecule has 0 spiro atoms. The van der Waals surface area contributed by atoms with Gasteiger partial charge in [-0.1, -0.05) is 47.0 Å². The van der Waals surface area contributed by atoms with Crippen molar-refractivity contribution in [2.75, 3.05) is 13.2 Å². The van der Waals surface area contributed by atoms with Crippen LogP contribution in [-0.4, -0.2) is 25.2 Å². The van der Waals surface area contributed by atoms with Crippen LogP contribution in [0.3, 0.4) is 0 Å². The predicted molar refractivity (Wildman–Crippen MR) is 90.9 cm³/mol. The fourth-order valence-corrected chi connectivity index (χ4v) is 2.77. The zero-order valence-electron chi connectivity index (χ0n) is 15.3. The van der Waals surface area contributed by atoms with Gasteiger partial charge in [0.1, 0.15) is 5.57 Å². The van der Waals surface area contributed by atoms with Crippen LogP contribution in [0.2, 0.25) is 0 Å². The number of carbonyl (C=O) groups excluding carboxylic acids is 2. The van der Waals surface area contributed by atoms with Crippen LogP contribution in [0, 0.1) is 17.8 Å². The molecule has 0 aromatic heterocycles. The lowest BCUT2D eigenvalue weighted by molar-refractivity contribution is -0.148. The molecule has 0 amide bonds. The van der Waals surface area contributed by atoms with Gasteiger partial charge in [0.2, 0.25) is 0 Å². The maximum absolute atomic E-state index is 12.4. The van der Waals surface area contributed by atoms with E-state index in [1.807, 2.05) is 34.6 Å². The molecule has 1 aliphatic rings. The molecule has 23 heavy (non-hydrogen) atoms. The van der Waals surface area contributed by atoms with Crippen molar-refractivity contribution in [2.45, 2.75) is 66.7 Å². The van der Waals surface area contributed by atoms with Crippen molar-refractivity contribution in [3.05, 3.63) is 11.1 Å². The summed E-state index contributed by atoms with van der Waals surface area (Å²) < 4.78 is 10.6. The molecule has 0 radical (unpaired) electrons. The van der Waals surface area contributed by atoms with Crippen molar-refractivity contribution in [2.24, 2.45) is 17.8 Å². The summed E-state index contributed by atoms with van der Waals surface area (Å²) in [7, 11) is 0. The molecule has 4 nitrogen and oxygen atoms in total. The van der Waals surface area contributed by atoms with Gasteiger partial charge < -0.3 is 9.47 Å². The molecule has 1 saturated carbocycles.